The number of hydrogen-bond acceptors (Lipinski definition) is 4. The van der Waals surface area contributed by atoms with Crippen LogP contribution in [0.25, 0.3) is 0 Å². The predicted molar refractivity (Wildman–Crippen MR) is 99.4 cm³/mol. The molecule has 2 fully saturated rings. The number of unbranched alkanes of at least 4 members (excludes halogenated alkanes) is 2. The Morgan fingerprint density at radius 2 is 2.15 bits per heavy atom. The Hall–Kier alpha value is -1.20. The first kappa shape index (κ1) is 21.1. The molecule has 1 aliphatic heterocycles. The molecule has 0 aromatic rings. The molecule has 148 valence electrons. The second-order valence-corrected chi connectivity index (χ2v) is 7.39. The van der Waals surface area contributed by atoms with Crippen LogP contribution < -0.4 is 0 Å². The summed E-state index contributed by atoms with van der Waals surface area (Å²) in [4.78, 5) is 11.1. The minimum Gasteiger partial charge on any atom is -0.469 e. The van der Waals surface area contributed by atoms with Crippen LogP contribution in [0.15, 0.2) is 24.3 Å². The normalized spacial score (nSPS) is 32.4. The average Bonchev–Trinajstić information content (AvgIpc) is 3.17. The Morgan fingerprint density at radius 3 is 2.88 bits per heavy atom. The van der Waals surface area contributed by atoms with Crippen molar-refractivity contribution in [3.05, 3.63) is 24.3 Å². The van der Waals surface area contributed by atoms with Crippen molar-refractivity contribution < 1.29 is 23.8 Å². The predicted octanol–water partition coefficient (Wildman–Crippen LogP) is 4.12. The number of carbonyl (C=O) groups excluding carboxylic acids is 1. The second kappa shape index (κ2) is 10.8. The molecule has 2 rings (SSSR count). The molecule has 1 saturated heterocycles. The number of aliphatic hydroxyl groups excluding tert-OH is 1. The van der Waals surface area contributed by atoms with Gasteiger partial charge in [0.1, 0.15) is 12.3 Å². The van der Waals surface area contributed by atoms with Crippen LogP contribution >= 0.6 is 0 Å². The van der Waals surface area contributed by atoms with Gasteiger partial charge in [-0.25, -0.2) is 4.39 Å². The van der Waals surface area contributed by atoms with E-state index in [1.54, 1.807) is 12.2 Å². The largest absolute Gasteiger partial charge is 0.469 e. The van der Waals surface area contributed by atoms with E-state index in [9.17, 15) is 14.3 Å². The first-order chi connectivity index (χ1) is 12.6. The van der Waals surface area contributed by atoms with Crippen molar-refractivity contribution in [2.24, 2.45) is 11.8 Å². The fraction of sp³-hybridized carbons (Fsp3) is 0.762. The average molecular weight is 368 g/mol. The molecule has 26 heavy (non-hydrogen) atoms. The Morgan fingerprint density at radius 1 is 1.35 bits per heavy atom. The molecule has 2 aliphatic rings. The Kier molecular flexibility index (Phi) is 8.79. The maximum Gasteiger partial charge on any atom is 0.305 e. The van der Waals surface area contributed by atoms with Gasteiger partial charge in [0.2, 0.25) is 0 Å². The molecule has 0 spiro atoms. The SMILES string of the molecule is CCCCC[C@H](O)C=C[C@H]1CC[C@H]2O[C@H](C=CCCC(=O)OC)[C@@H](F)[C@H]12. The summed E-state index contributed by atoms with van der Waals surface area (Å²) >= 11 is 0. The van der Waals surface area contributed by atoms with E-state index in [2.05, 4.69) is 11.7 Å². The number of rotatable bonds is 10. The highest BCUT2D eigenvalue weighted by Gasteiger charge is 2.50. The summed E-state index contributed by atoms with van der Waals surface area (Å²) in [6.07, 6.45) is 12.0. The molecular formula is C21H33FO4. The number of hydrogen-bond donors (Lipinski definition) is 1. The first-order valence-electron chi connectivity index (χ1n) is 9.96. The minimum atomic E-state index is -1.04. The monoisotopic (exact) mass is 368 g/mol. The lowest BCUT2D eigenvalue weighted by Crippen LogP contribution is -2.24. The number of halogens is 1. The molecule has 0 radical (unpaired) electrons. The molecule has 5 heteroatoms. The standard InChI is InChI=1S/C21H33FO4/c1-3-4-5-8-16(23)13-11-15-12-14-17-20(15)21(22)18(26-17)9-6-7-10-19(24)25-2/h6,9,11,13,15-18,20-21,23H,3-5,7-8,10,12,14H2,1-2H3/t15-,16-,17+,18+,20+,21+/m0/s1. The lowest BCUT2D eigenvalue weighted by atomic mass is 9.89. The lowest BCUT2D eigenvalue weighted by Gasteiger charge is -2.17. The van der Waals surface area contributed by atoms with Crippen molar-refractivity contribution in [1.29, 1.82) is 0 Å². The molecule has 0 unspecified atom stereocenters. The molecule has 0 amide bonds. The zero-order valence-electron chi connectivity index (χ0n) is 16.0. The molecule has 0 aromatic heterocycles. The Balaban J connectivity index is 1.82. The van der Waals surface area contributed by atoms with Crippen molar-refractivity contribution in [2.45, 2.75) is 82.8 Å². The number of fused-ring (bicyclic) bond motifs is 1. The van der Waals surface area contributed by atoms with Crippen molar-refractivity contribution in [2.75, 3.05) is 7.11 Å². The molecular weight excluding hydrogens is 335 g/mol. The van der Waals surface area contributed by atoms with Gasteiger partial charge < -0.3 is 14.6 Å². The smallest absolute Gasteiger partial charge is 0.305 e. The molecule has 0 aromatic carbocycles. The molecule has 6 atom stereocenters. The third kappa shape index (κ3) is 5.92. The fourth-order valence-electron chi connectivity index (χ4n) is 3.99. The maximum atomic E-state index is 14.9. The van der Waals surface area contributed by atoms with Gasteiger partial charge in [0, 0.05) is 12.3 Å². The van der Waals surface area contributed by atoms with Crippen molar-refractivity contribution in [1.82, 2.24) is 0 Å². The third-order valence-electron chi connectivity index (χ3n) is 5.47. The van der Waals surface area contributed by atoms with Crippen LogP contribution in [-0.2, 0) is 14.3 Å². The van der Waals surface area contributed by atoms with Gasteiger partial charge in [0.15, 0.2) is 0 Å². The van der Waals surface area contributed by atoms with E-state index in [0.29, 0.717) is 12.8 Å². The molecule has 1 aliphatic carbocycles. The summed E-state index contributed by atoms with van der Waals surface area (Å²) in [5, 5.41) is 10.0. The zero-order chi connectivity index (χ0) is 18.9. The highest BCUT2D eigenvalue weighted by atomic mass is 19.1. The molecule has 0 bridgehead atoms. The van der Waals surface area contributed by atoms with Crippen LogP contribution in [0.3, 0.4) is 0 Å². The highest BCUT2D eigenvalue weighted by Crippen LogP contribution is 2.45. The van der Waals surface area contributed by atoms with E-state index in [1.165, 1.54) is 7.11 Å². The quantitative estimate of drug-likeness (QED) is 0.358. The summed E-state index contributed by atoms with van der Waals surface area (Å²) in [5.74, 6) is -0.271. The number of ether oxygens (including phenoxy) is 2. The van der Waals surface area contributed by atoms with Gasteiger partial charge in [-0.1, -0.05) is 50.5 Å². The molecule has 1 saturated carbocycles. The van der Waals surface area contributed by atoms with Crippen LogP contribution in [0.5, 0.6) is 0 Å². The van der Waals surface area contributed by atoms with Crippen LogP contribution in [0, 0.1) is 11.8 Å². The Bertz CT molecular complexity index is 490. The second-order valence-electron chi connectivity index (χ2n) is 7.39. The van der Waals surface area contributed by atoms with Crippen LogP contribution in [0.4, 0.5) is 4.39 Å². The number of alkyl halides is 1. The van der Waals surface area contributed by atoms with E-state index in [4.69, 9.17) is 4.74 Å². The Labute approximate surface area is 156 Å². The van der Waals surface area contributed by atoms with Gasteiger partial charge in [0.05, 0.1) is 19.3 Å². The van der Waals surface area contributed by atoms with Crippen molar-refractivity contribution in [3.8, 4) is 0 Å². The summed E-state index contributed by atoms with van der Waals surface area (Å²) in [7, 11) is 1.36. The van der Waals surface area contributed by atoms with Gasteiger partial charge >= 0.3 is 5.97 Å². The van der Waals surface area contributed by atoms with Crippen LogP contribution in [0.1, 0.15) is 58.3 Å². The van der Waals surface area contributed by atoms with Crippen LogP contribution in [0.2, 0.25) is 0 Å². The van der Waals surface area contributed by atoms with Gasteiger partial charge in [-0.3, -0.25) is 4.79 Å². The number of allylic oxidation sites excluding steroid dienone is 2. The number of methoxy groups -OCH3 is 1. The maximum absolute atomic E-state index is 14.9. The zero-order valence-corrected chi connectivity index (χ0v) is 16.0. The topological polar surface area (TPSA) is 55.8 Å². The highest BCUT2D eigenvalue weighted by molar-refractivity contribution is 5.69. The van der Waals surface area contributed by atoms with E-state index >= 15 is 0 Å². The third-order valence-corrected chi connectivity index (χ3v) is 5.47. The van der Waals surface area contributed by atoms with E-state index in [1.807, 2.05) is 12.2 Å². The summed E-state index contributed by atoms with van der Waals surface area (Å²) in [5.41, 5.74) is 0. The fourth-order valence-corrected chi connectivity index (χ4v) is 3.99. The molecule has 1 heterocycles. The number of carbonyl (C=O) groups is 1. The molecule has 4 nitrogen and oxygen atoms in total. The van der Waals surface area contributed by atoms with Crippen LogP contribution in [-0.4, -0.2) is 42.7 Å². The van der Waals surface area contributed by atoms with Gasteiger partial charge in [-0.15, -0.1) is 0 Å². The van der Waals surface area contributed by atoms with E-state index < -0.39 is 18.4 Å². The van der Waals surface area contributed by atoms with Crippen molar-refractivity contribution >= 4 is 5.97 Å². The summed E-state index contributed by atoms with van der Waals surface area (Å²) in [6, 6.07) is 0. The summed E-state index contributed by atoms with van der Waals surface area (Å²) in [6.45, 7) is 2.14. The van der Waals surface area contributed by atoms with Crippen molar-refractivity contribution in [3.63, 3.8) is 0 Å². The lowest BCUT2D eigenvalue weighted by molar-refractivity contribution is -0.140. The first-order valence-corrected chi connectivity index (χ1v) is 9.96. The summed E-state index contributed by atoms with van der Waals surface area (Å²) < 4.78 is 25.3. The van der Waals surface area contributed by atoms with Gasteiger partial charge in [0.25, 0.3) is 0 Å². The minimum absolute atomic E-state index is 0.0489. The van der Waals surface area contributed by atoms with Gasteiger partial charge in [-0.2, -0.15) is 0 Å². The van der Waals surface area contributed by atoms with E-state index in [-0.39, 0.29) is 23.9 Å². The number of aliphatic hydroxyl groups is 1. The molecule has 1 N–H and O–H groups in total. The number of esters is 1. The van der Waals surface area contributed by atoms with E-state index in [0.717, 1.165) is 38.5 Å². The van der Waals surface area contributed by atoms with Gasteiger partial charge in [-0.05, 0) is 31.6 Å².